The fourth-order valence-corrected chi connectivity index (χ4v) is 2.35. The van der Waals surface area contributed by atoms with Crippen LogP contribution in [0.5, 0.6) is 28.7 Å². The molecule has 0 amide bonds. The van der Waals surface area contributed by atoms with E-state index in [1.54, 1.807) is 35.5 Å². The molecule has 5 heteroatoms. The summed E-state index contributed by atoms with van der Waals surface area (Å²) in [6.45, 7) is 0. The van der Waals surface area contributed by atoms with Crippen LogP contribution in [0.25, 0.3) is 12.2 Å². The normalized spacial score (nSPS) is 10.5. The molecule has 0 fully saturated rings. The molecule has 24 heavy (non-hydrogen) atoms. The van der Waals surface area contributed by atoms with E-state index in [0.29, 0.717) is 17.2 Å². The SMILES string of the molecule is COc1ccc(OC)c(/C=C\c2cc(OC)c(OC)c(OC)c2)c1. The second-order valence-corrected chi connectivity index (χ2v) is 4.90. The van der Waals surface area contributed by atoms with E-state index in [9.17, 15) is 0 Å². The van der Waals surface area contributed by atoms with Crippen molar-refractivity contribution in [3.63, 3.8) is 0 Å². The predicted molar refractivity (Wildman–Crippen MR) is 94.6 cm³/mol. The highest BCUT2D eigenvalue weighted by molar-refractivity contribution is 5.75. The number of ether oxygens (including phenoxy) is 5. The summed E-state index contributed by atoms with van der Waals surface area (Å²) >= 11 is 0. The lowest BCUT2D eigenvalue weighted by atomic mass is 10.1. The molecular weight excluding hydrogens is 308 g/mol. The minimum Gasteiger partial charge on any atom is -0.497 e. The Kier molecular flexibility index (Phi) is 5.95. The molecule has 0 aliphatic heterocycles. The summed E-state index contributed by atoms with van der Waals surface area (Å²) in [7, 11) is 8.04. The number of methoxy groups -OCH3 is 5. The van der Waals surface area contributed by atoms with E-state index in [1.807, 2.05) is 42.5 Å². The van der Waals surface area contributed by atoms with Gasteiger partial charge in [-0.25, -0.2) is 0 Å². The van der Waals surface area contributed by atoms with Crippen molar-refractivity contribution in [1.82, 2.24) is 0 Å². The summed E-state index contributed by atoms with van der Waals surface area (Å²) < 4.78 is 26.7. The highest BCUT2D eigenvalue weighted by atomic mass is 16.5. The highest BCUT2D eigenvalue weighted by Crippen LogP contribution is 2.38. The van der Waals surface area contributed by atoms with Crippen LogP contribution in [0, 0.1) is 0 Å². The average molecular weight is 330 g/mol. The molecule has 0 atom stereocenters. The first kappa shape index (κ1) is 17.5. The zero-order valence-electron chi connectivity index (χ0n) is 14.6. The van der Waals surface area contributed by atoms with E-state index in [-0.39, 0.29) is 0 Å². The van der Waals surface area contributed by atoms with Gasteiger partial charge in [-0.15, -0.1) is 0 Å². The molecule has 2 rings (SSSR count). The van der Waals surface area contributed by atoms with E-state index in [4.69, 9.17) is 23.7 Å². The second kappa shape index (κ2) is 8.15. The van der Waals surface area contributed by atoms with Crippen LogP contribution in [0.4, 0.5) is 0 Å². The molecule has 128 valence electrons. The molecule has 0 saturated heterocycles. The monoisotopic (exact) mass is 330 g/mol. The number of hydrogen-bond acceptors (Lipinski definition) is 5. The quantitative estimate of drug-likeness (QED) is 0.721. The van der Waals surface area contributed by atoms with Gasteiger partial charge in [0.25, 0.3) is 0 Å². The minimum atomic E-state index is 0.566. The lowest BCUT2D eigenvalue weighted by Gasteiger charge is -2.13. The van der Waals surface area contributed by atoms with Gasteiger partial charge in [-0.2, -0.15) is 0 Å². The maximum Gasteiger partial charge on any atom is 0.203 e. The van der Waals surface area contributed by atoms with Gasteiger partial charge < -0.3 is 23.7 Å². The van der Waals surface area contributed by atoms with Crippen LogP contribution in [-0.2, 0) is 0 Å². The molecule has 0 unspecified atom stereocenters. The molecule has 5 nitrogen and oxygen atoms in total. The smallest absolute Gasteiger partial charge is 0.203 e. The van der Waals surface area contributed by atoms with Gasteiger partial charge in [0.15, 0.2) is 11.5 Å². The Balaban J connectivity index is 2.42. The summed E-state index contributed by atoms with van der Waals surface area (Å²) in [5, 5.41) is 0. The molecule has 0 radical (unpaired) electrons. The Bertz CT molecular complexity index is 697. The van der Waals surface area contributed by atoms with Crippen molar-refractivity contribution < 1.29 is 23.7 Å². The predicted octanol–water partition coefficient (Wildman–Crippen LogP) is 3.90. The summed E-state index contributed by atoms with van der Waals surface area (Å²) in [6, 6.07) is 9.39. The summed E-state index contributed by atoms with van der Waals surface area (Å²) in [6.07, 6.45) is 3.89. The Labute approximate surface area is 142 Å². The van der Waals surface area contributed by atoms with Crippen LogP contribution in [0.3, 0.4) is 0 Å². The lowest BCUT2D eigenvalue weighted by Crippen LogP contribution is -1.95. The number of rotatable bonds is 7. The summed E-state index contributed by atoms with van der Waals surface area (Å²) in [4.78, 5) is 0. The minimum absolute atomic E-state index is 0.566. The zero-order chi connectivity index (χ0) is 17.5. The Morgan fingerprint density at radius 3 is 1.75 bits per heavy atom. The number of hydrogen-bond donors (Lipinski definition) is 0. The molecule has 0 saturated carbocycles. The largest absolute Gasteiger partial charge is 0.497 e. The molecule has 0 aliphatic rings. The first-order valence-corrected chi connectivity index (χ1v) is 7.37. The van der Waals surface area contributed by atoms with Crippen LogP contribution in [0.1, 0.15) is 11.1 Å². The van der Waals surface area contributed by atoms with Crippen molar-refractivity contribution >= 4 is 12.2 Å². The number of benzene rings is 2. The molecule has 0 aromatic heterocycles. The van der Waals surface area contributed by atoms with Crippen LogP contribution in [0.15, 0.2) is 30.3 Å². The van der Waals surface area contributed by atoms with E-state index in [2.05, 4.69) is 0 Å². The summed E-state index contributed by atoms with van der Waals surface area (Å²) in [5.74, 6) is 3.30. The second-order valence-electron chi connectivity index (χ2n) is 4.90. The van der Waals surface area contributed by atoms with Crippen molar-refractivity contribution in [2.24, 2.45) is 0 Å². The van der Waals surface area contributed by atoms with Crippen LogP contribution >= 0.6 is 0 Å². The topological polar surface area (TPSA) is 46.2 Å². The molecule has 0 spiro atoms. The van der Waals surface area contributed by atoms with Gasteiger partial charge in [0, 0.05) is 5.56 Å². The van der Waals surface area contributed by atoms with Crippen molar-refractivity contribution in [1.29, 1.82) is 0 Å². The van der Waals surface area contributed by atoms with Crippen molar-refractivity contribution in [2.45, 2.75) is 0 Å². The zero-order valence-corrected chi connectivity index (χ0v) is 14.6. The first-order valence-electron chi connectivity index (χ1n) is 7.37. The van der Waals surface area contributed by atoms with Crippen LogP contribution < -0.4 is 23.7 Å². The third-order valence-corrected chi connectivity index (χ3v) is 3.58. The third kappa shape index (κ3) is 3.74. The van der Waals surface area contributed by atoms with Gasteiger partial charge in [0.1, 0.15) is 11.5 Å². The van der Waals surface area contributed by atoms with E-state index in [1.165, 1.54) is 0 Å². The van der Waals surface area contributed by atoms with Crippen LogP contribution in [-0.4, -0.2) is 35.5 Å². The van der Waals surface area contributed by atoms with Gasteiger partial charge in [0.05, 0.1) is 35.5 Å². The standard InChI is InChI=1S/C19H22O5/c1-20-15-8-9-16(21-2)14(12-15)7-6-13-10-17(22-3)19(24-5)18(11-13)23-4/h6-12H,1-5H3/b7-6-. The maximum atomic E-state index is 5.38. The van der Waals surface area contributed by atoms with Crippen molar-refractivity contribution in [3.05, 3.63) is 41.5 Å². The molecule has 0 heterocycles. The fourth-order valence-electron chi connectivity index (χ4n) is 2.35. The third-order valence-electron chi connectivity index (χ3n) is 3.58. The molecule has 0 aliphatic carbocycles. The Morgan fingerprint density at radius 1 is 0.625 bits per heavy atom. The van der Waals surface area contributed by atoms with Crippen molar-refractivity contribution in [3.8, 4) is 28.7 Å². The van der Waals surface area contributed by atoms with Gasteiger partial charge in [-0.1, -0.05) is 12.2 Å². The first-order chi connectivity index (χ1) is 11.7. The maximum absolute atomic E-state index is 5.38. The lowest BCUT2D eigenvalue weighted by molar-refractivity contribution is 0.324. The summed E-state index contributed by atoms with van der Waals surface area (Å²) in [5.41, 5.74) is 1.82. The van der Waals surface area contributed by atoms with Crippen LogP contribution in [0.2, 0.25) is 0 Å². The molecule has 0 N–H and O–H groups in total. The van der Waals surface area contributed by atoms with Gasteiger partial charge in [-0.05, 0) is 35.9 Å². The average Bonchev–Trinajstić information content (AvgIpc) is 2.64. The molecule has 2 aromatic carbocycles. The fraction of sp³-hybridized carbons (Fsp3) is 0.263. The molecule has 2 aromatic rings. The van der Waals surface area contributed by atoms with Gasteiger partial charge in [0.2, 0.25) is 5.75 Å². The van der Waals surface area contributed by atoms with E-state index < -0.39 is 0 Å². The molecular formula is C19H22O5. The van der Waals surface area contributed by atoms with Gasteiger partial charge >= 0.3 is 0 Å². The van der Waals surface area contributed by atoms with Crippen molar-refractivity contribution in [2.75, 3.05) is 35.5 Å². The van der Waals surface area contributed by atoms with E-state index in [0.717, 1.165) is 22.6 Å². The highest BCUT2D eigenvalue weighted by Gasteiger charge is 2.12. The Morgan fingerprint density at radius 2 is 1.25 bits per heavy atom. The van der Waals surface area contributed by atoms with E-state index >= 15 is 0 Å². The Hall–Kier alpha value is -2.82. The van der Waals surface area contributed by atoms with Gasteiger partial charge in [-0.3, -0.25) is 0 Å². The molecule has 0 bridgehead atoms.